The van der Waals surface area contributed by atoms with Crippen LogP contribution in [0.1, 0.15) is 44.7 Å². The minimum Gasteiger partial charge on any atom is -0.390 e. The van der Waals surface area contributed by atoms with Crippen LogP contribution in [-0.4, -0.2) is 63.1 Å². The molecule has 0 radical (unpaired) electrons. The average Bonchev–Trinajstić information content (AvgIpc) is 3.45. The van der Waals surface area contributed by atoms with Gasteiger partial charge >= 0.3 is 0 Å². The summed E-state index contributed by atoms with van der Waals surface area (Å²) in [6.45, 7) is 5.03. The van der Waals surface area contributed by atoms with Crippen LogP contribution < -0.4 is 10.2 Å². The lowest BCUT2D eigenvalue weighted by molar-refractivity contribution is 0.0975. The summed E-state index contributed by atoms with van der Waals surface area (Å²) in [5, 5.41) is 24.3. The van der Waals surface area contributed by atoms with Gasteiger partial charge in [-0.15, -0.1) is 0 Å². The Morgan fingerprint density at radius 3 is 2.73 bits per heavy atom. The molecule has 5 rings (SSSR count). The van der Waals surface area contributed by atoms with E-state index in [0.29, 0.717) is 34.2 Å². The predicted octanol–water partition coefficient (Wildman–Crippen LogP) is 3.50. The van der Waals surface area contributed by atoms with Crippen LogP contribution in [0.5, 0.6) is 0 Å². The van der Waals surface area contributed by atoms with Crippen LogP contribution in [0.15, 0.2) is 28.4 Å². The van der Waals surface area contributed by atoms with Crippen molar-refractivity contribution in [2.24, 2.45) is 5.41 Å². The normalized spacial score (nSPS) is 23.2. The fourth-order valence-corrected chi connectivity index (χ4v) is 5.82. The van der Waals surface area contributed by atoms with E-state index in [4.69, 9.17) is 16.3 Å². The molecule has 178 valence electrons. The number of ether oxygens (including phenoxy) is 1. The van der Waals surface area contributed by atoms with Crippen LogP contribution in [0.2, 0.25) is 5.02 Å². The number of piperidine rings is 1. The maximum absolute atomic E-state index is 10.1. The van der Waals surface area contributed by atoms with Crippen LogP contribution in [0.3, 0.4) is 0 Å². The number of nitrogens with zero attached hydrogens (tertiary/aromatic N) is 4. The highest BCUT2D eigenvalue weighted by molar-refractivity contribution is 7.99. The molecule has 2 saturated heterocycles. The Bertz CT molecular complexity index is 1010. The highest BCUT2D eigenvalue weighted by Crippen LogP contribution is 2.43. The molecule has 0 aromatic carbocycles. The van der Waals surface area contributed by atoms with Crippen molar-refractivity contribution in [3.8, 4) is 0 Å². The first kappa shape index (κ1) is 23.1. The lowest BCUT2D eigenvalue weighted by atomic mass is 9.77. The third kappa shape index (κ3) is 5.07. The first-order valence-corrected chi connectivity index (χ1v) is 12.7. The Labute approximate surface area is 203 Å². The first-order valence-electron chi connectivity index (χ1n) is 11.5. The van der Waals surface area contributed by atoms with Crippen molar-refractivity contribution in [2.45, 2.75) is 67.3 Å². The molecule has 1 aliphatic carbocycles. The van der Waals surface area contributed by atoms with E-state index in [9.17, 15) is 10.2 Å². The molecule has 4 heterocycles. The van der Waals surface area contributed by atoms with Crippen LogP contribution in [-0.2, 0) is 11.3 Å². The SMILES string of the molecule is C[C@H]1CC2(CCN(c3ncc(Sc4ccnc(NCC5(O)CC5)c4Cl)nc3CO)CC2)CO1. The molecule has 0 amide bonds. The lowest BCUT2D eigenvalue weighted by Crippen LogP contribution is -2.41. The van der Waals surface area contributed by atoms with Crippen molar-refractivity contribution in [3.63, 3.8) is 0 Å². The average molecular weight is 492 g/mol. The number of halogens is 1. The van der Waals surface area contributed by atoms with Gasteiger partial charge in [-0.3, -0.25) is 0 Å². The topological polar surface area (TPSA) is 104 Å². The monoisotopic (exact) mass is 491 g/mol. The van der Waals surface area contributed by atoms with Crippen molar-refractivity contribution in [3.05, 3.63) is 29.2 Å². The molecule has 1 spiro atoms. The maximum atomic E-state index is 10.1. The van der Waals surface area contributed by atoms with E-state index >= 15 is 0 Å². The second-order valence-electron chi connectivity index (χ2n) is 9.60. The van der Waals surface area contributed by atoms with Gasteiger partial charge in [0, 0.05) is 30.7 Å². The highest BCUT2D eigenvalue weighted by Gasteiger charge is 2.41. The number of hydrogen-bond donors (Lipinski definition) is 3. The first-order chi connectivity index (χ1) is 15.9. The third-order valence-corrected chi connectivity index (χ3v) is 8.41. The number of nitrogens with one attached hydrogen (secondary N) is 1. The Balaban J connectivity index is 1.27. The fraction of sp³-hybridized carbons (Fsp3) is 0.609. The van der Waals surface area contributed by atoms with Crippen LogP contribution >= 0.6 is 23.4 Å². The number of pyridine rings is 1. The summed E-state index contributed by atoms with van der Waals surface area (Å²) in [5.74, 6) is 1.30. The molecule has 2 aromatic rings. The second kappa shape index (κ2) is 9.19. The van der Waals surface area contributed by atoms with Gasteiger partial charge in [0.2, 0.25) is 0 Å². The number of hydrogen-bond acceptors (Lipinski definition) is 9. The van der Waals surface area contributed by atoms with Gasteiger partial charge in [0.1, 0.15) is 16.5 Å². The van der Waals surface area contributed by atoms with Crippen LogP contribution in [0.4, 0.5) is 11.6 Å². The molecular formula is C23H30ClN5O3S. The predicted molar refractivity (Wildman–Crippen MR) is 128 cm³/mol. The molecule has 3 N–H and O–H groups in total. The molecule has 8 nitrogen and oxygen atoms in total. The van der Waals surface area contributed by atoms with E-state index < -0.39 is 5.60 Å². The van der Waals surface area contributed by atoms with Gasteiger partial charge in [0.25, 0.3) is 0 Å². The summed E-state index contributed by atoms with van der Waals surface area (Å²) in [7, 11) is 0. The van der Waals surface area contributed by atoms with E-state index in [1.165, 1.54) is 11.8 Å². The quantitative estimate of drug-likeness (QED) is 0.536. The van der Waals surface area contributed by atoms with Crippen molar-refractivity contribution in [1.29, 1.82) is 0 Å². The molecule has 1 atom stereocenters. The molecule has 33 heavy (non-hydrogen) atoms. The zero-order chi connectivity index (χ0) is 23.1. The summed E-state index contributed by atoms with van der Waals surface area (Å²) in [6, 6.07) is 1.83. The molecule has 10 heteroatoms. The Morgan fingerprint density at radius 2 is 2.06 bits per heavy atom. The number of anilines is 2. The maximum Gasteiger partial charge on any atom is 0.152 e. The fourth-order valence-electron chi connectivity index (χ4n) is 4.72. The van der Waals surface area contributed by atoms with Gasteiger partial charge in [-0.25, -0.2) is 15.0 Å². The molecule has 0 unspecified atom stereocenters. The molecular weight excluding hydrogens is 462 g/mol. The second-order valence-corrected chi connectivity index (χ2v) is 11.0. The van der Waals surface area contributed by atoms with Gasteiger partial charge in [-0.05, 0) is 50.5 Å². The van der Waals surface area contributed by atoms with E-state index in [2.05, 4.69) is 32.1 Å². The zero-order valence-electron chi connectivity index (χ0n) is 18.8. The smallest absolute Gasteiger partial charge is 0.152 e. The van der Waals surface area contributed by atoms with Gasteiger partial charge in [0.05, 0.1) is 36.1 Å². The van der Waals surface area contributed by atoms with Crippen LogP contribution in [0.25, 0.3) is 0 Å². The highest BCUT2D eigenvalue weighted by atomic mass is 35.5. The van der Waals surface area contributed by atoms with E-state index in [-0.39, 0.29) is 12.0 Å². The largest absolute Gasteiger partial charge is 0.390 e. The number of aromatic nitrogens is 3. The van der Waals surface area contributed by atoms with E-state index in [1.807, 2.05) is 6.07 Å². The third-order valence-electron chi connectivity index (χ3n) is 6.95. The van der Waals surface area contributed by atoms with Crippen molar-refractivity contribution in [1.82, 2.24) is 15.0 Å². The Hall–Kier alpha value is -1.65. The van der Waals surface area contributed by atoms with Gasteiger partial charge < -0.3 is 25.2 Å². The summed E-state index contributed by atoms with van der Waals surface area (Å²) in [6.07, 6.45) is 8.61. The zero-order valence-corrected chi connectivity index (χ0v) is 20.3. The number of aliphatic hydroxyl groups excluding tert-OH is 1. The molecule has 2 aliphatic heterocycles. The van der Waals surface area contributed by atoms with Crippen molar-refractivity contribution in [2.75, 3.05) is 36.5 Å². The van der Waals surface area contributed by atoms with Crippen molar-refractivity contribution >= 4 is 35.0 Å². The van der Waals surface area contributed by atoms with Crippen molar-refractivity contribution < 1.29 is 14.9 Å². The molecule has 2 aromatic heterocycles. The lowest BCUT2D eigenvalue weighted by Gasteiger charge is -2.39. The molecule has 3 fully saturated rings. The summed E-state index contributed by atoms with van der Waals surface area (Å²) in [4.78, 5) is 16.7. The Morgan fingerprint density at radius 1 is 1.27 bits per heavy atom. The Kier molecular flexibility index (Phi) is 6.43. The molecule has 3 aliphatic rings. The summed E-state index contributed by atoms with van der Waals surface area (Å²) < 4.78 is 5.84. The van der Waals surface area contributed by atoms with Gasteiger partial charge in [-0.2, -0.15) is 0 Å². The standard InChI is InChI=1S/C23H30ClN5O3S/c1-15-10-22(14-32-15)5-8-29(9-6-22)21-16(12-30)28-18(11-26-21)33-17-2-7-25-20(19(17)24)27-13-23(31)3-4-23/h2,7,11,15,30-31H,3-6,8-10,12-14H2,1H3,(H,25,27)/t15-/m0/s1. The summed E-state index contributed by atoms with van der Waals surface area (Å²) in [5.41, 5.74) is 0.228. The van der Waals surface area contributed by atoms with Gasteiger partial charge in [0.15, 0.2) is 5.82 Å². The van der Waals surface area contributed by atoms with Crippen LogP contribution in [0, 0.1) is 5.41 Å². The van der Waals surface area contributed by atoms with E-state index in [0.717, 1.165) is 62.5 Å². The number of rotatable bonds is 7. The molecule has 0 bridgehead atoms. The minimum absolute atomic E-state index is 0.173. The number of aliphatic hydroxyl groups is 2. The molecule has 1 saturated carbocycles. The van der Waals surface area contributed by atoms with Gasteiger partial charge in [-0.1, -0.05) is 23.4 Å². The summed E-state index contributed by atoms with van der Waals surface area (Å²) >= 11 is 7.94. The van der Waals surface area contributed by atoms with E-state index in [1.54, 1.807) is 12.4 Å². The minimum atomic E-state index is -0.636.